The minimum atomic E-state index is 0.429. The molecule has 0 spiro atoms. The molecule has 0 aliphatic heterocycles. The van der Waals surface area contributed by atoms with Crippen LogP contribution in [-0.4, -0.2) is 18.6 Å². The van der Waals surface area contributed by atoms with Crippen molar-refractivity contribution in [3.63, 3.8) is 0 Å². The fourth-order valence-electron chi connectivity index (χ4n) is 1.88. The third-order valence-electron chi connectivity index (χ3n) is 2.81. The molecule has 4 nitrogen and oxygen atoms in total. The van der Waals surface area contributed by atoms with Gasteiger partial charge in [-0.2, -0.15) is 0 Å². The van der Waals surface area contributed by atoms with E-state index in [0.29, 0.717) is 19.0 Å². The van der Waals surface area contributed by atoms with E-state index >= 15 is 0 Å². The van der Waals surface area contributed by atoms with Crippen molar-refractivity contribution in [2.45, 2.75) is 13.0 Å². The van der Waals surface area contributed by atoms with Crippen molar-refractivity contribution in [2.24, 2.45) is 5.73 Å². The number of hydrogen-bond donors (Lipinski definition) is 1. The molecule has 1 heterocycles. The Morgan fingerprint density at radius 1 is 1.11 bits per heavy atom. The lowest BCUT2D eigenvalue weighted by Crippen LogP contribution is -2.06. The molecule has 0 atom stereocenters. The van der Waals surface area contributed by atoms with Crippen LogP contribution < -0.4 is 15.2 Å². The van der Waals surface area contributed by atoms with E-state index in [2.05, 4.69) is 4.98 Å². The number of pyridine rings is 1. The van der Waals surface area contributed by atoms with Crippen LogP contribution in [0.2, 0.25) is 0 Å². The summed E-state index contributed by atoms with van der Waals surface area (Å²) in [5.74, 6) is 1.46. The molecule has 0 saturated heterocycles. The number of benzene rings is 1. The molecule has 0 unspecified atom stereocenters. The molecule has 4 heteroatoms. The number of aromatic nitrogens is 1. The molecule has 1 aromatic carbocycles. The third kappa shape index (κ3) is 3.45. The SMILES string of the molecule is COc1ncccc1COc1ccccc1CCN. The molecule has 0 aliphatic carbocycles. The summed E-state index contributed by atoms with van der Waals surface area (Å²) in [6.07, 6.45) is 2.51. The summed E-state index contributed by atoms with van der Waals surface area (Å²) in [6.45, 7) is 1.04. The first kappa shape index (κ1) is 13.4. The highest BCUT2D eigenvalue weighted by atomic mass is 16.5. The van der Waals surface area contributed by atoms with E-state index in [4.69, 9.17) is 15.2 Å². The molecule has 0 amide bonds. The number of hydrogen-bond acceptors (Lipinski definition) is 4. The van der Waals surface area contributed by atoms with E-state index in [9.17, 15) is 0 Å². The van der Waals surface area contributed by atoms with Gasteiger partial charge in [0.05, 0.1) is 12.7 Å². The first-order valence-electron chi connectivity index (χ1n) is 6.24. The maximum absolute atomic E-state index is 5.84. The number of nitrogens with two attached hydrogens (primary N) is 1. The topological polar surface area (TPSA) is 57.4 Å². The first-order chi connectivity index (χ1) is 9.35. The van der Waals surface area contributed by atoms with Gasteiger partial charge in [-0.1, -0.05) is 18.2 Å². The Balaban J connectivity index is 2.10. The lowest BCUT2D eigenvalue weighted by molar-refractivity contribution is 0.291. The minimum Gasteiger partial charge on any atom is -0.488 e. The van der Waals surface area contributed by atoms with E-state index in [1.54, 1.807) is 13.3 Å². The van der Waals surface area contributed by atoms with Crippen molar-refractivity contribution in [1.82, 2.24) is 4.98 Å². The summed E-state index contributed by atoms with van der Waals surface area (Å²) in [7, 11) is 1.61. The molecule has 19 heavy (non-hydrogen) atoms. The molecule has 0 bridgehead atoms. The second kappa shape index (κ2) is 6.75. The smallest absolute Gasteiger partial charge is 0.219 e. The molecule has 2 aromatic rings. The van der Waals surface area contributed by atoms with Gasteiger partial charge >= 0.3 is 0 Å². The summed E-state index contributed by atoms with van der Waals surface area (Å²) in [4.78, 5) is 4.15. The predicted octanol–water partition coefficient (Wildman–Crippen LogP) is 2.17. The van der Waals surface area contributed by atoms with Gasteiger partial charge in [-0.3, -0.25) is 0 Å². The van der Waals surface area contributed by atoms with Crippen molar-refractivity contribution in [1.29, 1.82) is 0 Å². The van der Waals surface area contributed by atoms with Crippen molar-refractivity contribution >= 4 is 0 Å². The predicted molar refractivity (Wildman–Crippen MR) is 74.3 cm³/mol. The lowest BCUT2D eigenvalue weighted by Gasteiger charge is -2.12. The molecular weight excluding hydrogens is 240 g/mol. The van der Waals surface area contributed by atoms with Crippen LogP contribution in [0.1, 0.15) is 11.1 Å². The zero-order valence-corrected chi connectivity index (χ0v) is 11.0. The standard InChI is InChI=1S/C15H18N2O2/c1-18-15-13(6-4-10-17-15)11-19-14-7-3-2-5-12(14)8-9-16/h2-7,10H,8-9,11,16H2,1H3. The Bertz CT molecular complexity index is 529. The average molecular weight is 258 g/mol. The fourth-order valence-corrected chi connectivity index (χ4v) is 1.88. The second-order valence-electron chi connectivity index (χ2n) is 4.11. The van der Waals surface area contributed by atoms with Crippen molar-refractivity contribution in [3.05, 3.63) is 53.7 Å². The molecule has 0 aliphatic rings. The van der Waals surface area contributed by atoms with Crippen LogP contribution in [0.3, 0.4) is 0 Å². The summed E-state index contributed by atoms with van der Waals surface area (Å²) < 4.78 is 11.0. The highest BCUT2D eigenvalue weighted by Gasteiger charge is 2.06. The van der Waals surface area contributed by atoms with Gasteiger partial charge in [0.2, 0.25) is 5.88 Å². The molecule has 0 fully saturated rings. The Labute approximate surface area is 113 Å². The van der Waals surface area contributed by atoms with E-state index < -0.39 is 0 Å². The number of rotatable bonds is 6. The van der Waals surface area contributed by atoms with Crippen LogP contribution in [-0.2, 0) is 13.0 Å². The second-order valence-corrected chi connectivity index (χ2v) is 4.11. The van der Waals surface area contributed by atoms with Crippen LogP contribution >= 0.6 is 0 Å². The number of para-hydroxylation sites is 1. The monoisotopic (exact) mass is 258 g/mol. The molecule has 1 aromatic heterocycles. The van der Waals surface area contributed by atoms with Crippen molar-refractivity contribution in [2.75, 3.05) is 13.7 Å². The van der Waals surface area contributed by atoms with Gasteiger partial charge in [-0.05, 0) is 36.7 Å². The van der Waals surface area contributed by atoms with Crippen molar-refractivity contribution < 1.29 is 9.47 Å². The summed E-state index contributed by atoms with van der Waals surface area (Å²) >= 11 is 0. The van der Waals surface area contributed by atoms with Gasteiger partial charge in [0.25, 0.3) is 0 Å². The molecule has 100 valence electrons. The van der Waals surface area contributed by atoms with Crippen LogP contribution in [0.25, 0.3) is 0 Å². The van der Waals surface area contributed by atoms with Gasteiger partial charge in [0.1, 0.15) is 12.4 Å². The van der Waals surface area contributed by atoms with E-state index in [1.807, 2.05) is 36.4 Å². The van der Waals surface area contributed by atoms with Crippen LogP contribution in [0.15, 0.2) is 42.6 Å². The maximum Gasteiger partial charge on any atom is 0.219 e. The highest BCUT2D eigenvalue weighted by molar-refractivity contribution is 5.34. The van der Waals surface area contributed by atoms with E-state index in [1.165, 1.54) is 0 Å². The highest BCUT2D eigenvalue weighted by Crippen LogP contribution is 2.21. The molecule has 2 N–H and O–H groups in total. The largest absolute Gasteiger partial charge is 0.488 e. The Kier molecular flexibility index (Phi) is 4.75. The zero-order chi connectivity index (χ0) is 13.5. The van der Waals surface area contributed by atoms with Gasteiger partial charge in [0, 0.05) is 6.20 Å². The van der Waals surface area contributed by atoms with Gasteiger partial charge in [0.15, 0.2) is 0 Å². The maximum atomic E-state index is 5.84. The summed E-state index contributed by atoms with van der Waals surface area (Å²) in [5.41, 5.74) is 7.64. The molecule has 0 saturated carbocycles. The zero-order valence-electron chi connectivity index (χ0n) is 11.0. The number of nitrogens with zero attached hydrogens (tertiary/aromatic N) is 1. The van der Waals surface area contributed by atoms with Gasteiger partial charge in [-0.25, -0.2) is 4.98 Å². The third-order valence-corrected chi connectivity index (χ3v) is 2.81. The quantitative estimate of drug-likeness (QED) is 0.862. The molecular formula is C15H18N2O2. The summed E-state index contributed by atoms with van der Waals surface area (Å²) in [6, 6.07) is 11.7. The first-order valence-corrected chi connectivity index (χ1v) is 6.24. The fraction of sp³-hybridized carbons (Fsp3) is 0.267. The Morgan fingerprint density at radius 2 is 1.89 bits per heavy atom. The van der Waals surface area contributed by atoms with Gasteiger partial charge in [-0.15, -0.1) is 0 Å². The van der Waals surface area contributed by atoms with Gasteiger partial charge < -0.3 is 15.2 Å². The minimum absolute atomic E-state index is 0.429. The molecule has 0 radical (unpaired) electrons. The number of methoxy groups -OCH3 is 1. The van der Waals surface area contributed by atoms with Crippen LogP contribution in [0.5, 0.6) is 11.6 Å². The van der Waals surface area contributed by atoms with Crippen LogP contribution in [0, 0.1) is 0 Å². The van der Waals surface area contributed by atoms with Crippen molar-refractivity contribution in [3.8, 4) is 11.6 Å². The number of ether oxygens (including phenoxy) is 2. The normalized spacial score (nSPS) is 10.2. The van der Waals surface area contributed by atoms with Crippen LogP contribution in [0.4, 0.5) is 0 Å². The van der Waals surface area contributed by atoms with E-state index in [-0.39, 0.29) is 0 Å². The average Bonchev–Trinajstić information content (AvgIpc) is 2.47. The Morgan fingerprint density at radius 3 is 2.68 bits per heavy atom. The summed E-state index contributed by atoms with van der Waals surface area (Å²) in [5, 5.41) is 0. The van der Waals surface area contributed by atoms with E-state index in [0.717, 1.165) is 23.3 Å². The molecule has 2 rings (SSSR count). The lowest BCUT2D eigenvalue weighted by atomic mass is 10.1. The Hall–Kier alpha value is -2.07.